The summed E-state index contributed by atoms with van der Waals surface area (Å²) in [6.07, 6.45) is 5.10. The fraction of sp³-hybridized carbons (Fsp3) is 0.519. The highest BCUT2D eigenvalue weighted by Crippen LogP contribution is 2.36. The van der Waals surface area contributed by atoms with Crippen molar-refractivity contribution in [3.05, 3.63) is 70.0 Å². The number of esters is 1. The topological polar surface area (TPSA) is 35.5 Å². The van der Waals surface area contributed by atoms with Gasteiger partial charge in [0.15, 0.2) is 0 Å². The highest BCUT2D eigenvalue weighted by molar-refractivity contribution is 5.93. The Hall–Kier alpha value is -2.29. The van der Waals surface area contributed by atoms with Crippen molar-refractivity contribution in [2.24, 2.45) is 0 Å². The summed E-state index contributed by atoms with van der Waals surface area (Å²) in [5.41, 5.74) is 6.92. The number of benzene rings is 1. The highest BCUT2D eigenvalue weighted by atomic mass is 16.5. The van der Waals surface area contributed by atoms with E-state index < -0.39 is 0 Å². The van der Waals surface area contributed by atoms with Crippen molar-refractivity contribution in [2.75, 3.05) is 14.2 Å². The monoisotopic (exact) mass is 416 g/mol. The second-order valence-electron chi connectivity index (χ2n) is 6.24. The average Bonchev–Trinajstić information content (AvgIpc) is 2.82. The number of carbonyl (C=O) groups excluding carboxylic acids is 1. The zero-order valence-corrected chi connectivity index (χ0v) is 21.0. The van der Waals surface area contributed by atoms with E-state index in [1.54, 1.807) is 7.11 Å². The van der Waals surface area contributed by atoms with Crippen molar-refractivity contribution in [2.45, 2.75) is 81.1 Å². The Morgan fingerprint density at radius 2 is 1.40 bits per heavy atom. The van der Waals surface area contributed by atoms with E-state index in [0.29, 0.717) is 5.57 Å². The lowest BCUT2D eigenvalue weighted by molar-refractivity contribution is -0.136. The van der Waals surface area contributed by atoms with Crippen molar-refractivity contribution in [3.63, 3.8) is 0 Å². The van der Waals surface area contributed by atoms with Gasteiger partial charge < -0.3 is 9.47 Å². The van der Waals surface area contributed by atoms with E-state index in [1.807, 2.05) is 47.6 Å². The molecule has 0 atom stereocenters. The van der Waals surface area contributed by atoms with Crippen molar-refractivity contribution in [3.8, 4) is 0 Å². The second-order valence-corrected chi connectivity index (χ2v) is 6.24. The summed E-state index contributed by atoms with van der Waals surface area (Å²) in [4.78, 5) is 12.2. The molecule has 0 fully saturated rings. The van der Waals surface area contributed by atoms with Crippen molar-refractivity contribution in [1.82, 2.24) is 0 Å². The number of rotatable bonds is 6. The Labute approximate surface area is 185 Å². The molecule has 0 amide bonds. The summed E-state index contributed by atoms with van der Waals surface area (Å²) in [6.45, 7) is 16.3. The summed E-state index contributed by atoms with van der Waals surface area (Å²) in [7, 11) is 2.97. The zero-order valence-electron chi connectivity index (χ0n) is 21.0. The third-order valence-electron chi connectivity index (χ3n) is 4.60. The number of hydrogen-bond acceptors (Lipinski definition) is 3. The lowest BCUT2D eigenvalue weighted by atomic mass is 9.82. The minimum absolute atomic E-state index is 0.337. The zero-order chi connectivity index (χ0) is 23.5. The van der Waals surface area contributed by atoms with Gasteiger partial charge in [-0.2, -0.15) is 0 Å². The molecule has 1 aromatic carbocycles. The molecular weight excluding hydrogens is 372 g/mol. The molecule has 0 N–H and O–H groups in total. The smallest absolute Gasteiger partial charge is 0.341 e. The Balaban J connectivity index is 0. The van der Waals surface area contributed by atoms with Crippen molar-refractivity contribution >= 4 is 5.97 Å². The van der Waals surface area contributed by atoms with Crippen LogP contribution in [0.25, 0.3) is 0 Å². The molecular formula is C27H44O3. The number of hydrogen-bond donors (Lipinski definition) is 0. The third-order valence-corrected chi connectivity index (χ3v) is 4.60. The lowest BCUT2D eigenvalue weighted by Gasteiger charge is -2.24. The molecule has 0 heterocycles. The number of allylic oxidation sites excluding steroid dienone is 3. The summed E-state index contributed by atoms with van der Waals surface area (Å²) in [6, 6.07) is 10.4. The van der Waals surface area contributed by atoms with Crippen molar-refractivity contribution in [1.29, 1.82) is 0 Å². The molecule has 2 rings (SSSR count). The van der Waals surface area contributed by atoms with Gasteiger partial charge in [0, 0.05) is 0 Å². The predicted octanol–water partition coefficient (Wildman–Crippen LogP) is 7.83. The first kappa shape index (κ1) is 29.9. The van der Waals surface area contributed by atoms with Crippen LogP contribution in [0.4, 0.5) is 0 Å². The van der Waals surface area contributed by atoms with Crippen LogP contribution in [0.3, 0.4) is 0 Å². The molecule has 0 radical (unpaired) electrons. The molecule has 0 aromatic heterocycles. The van der Waals surface area contributed by atoms with E-state index in [1.165, 1.54) is 35.7 Å². The largest absolute Gasteiger partial charge is 0.503 e. The van der Waals surface area contributed by atoms with Gasteiger partial charge in [-0.1, -0.05) is 88.6 Å². The molecule has 1 aliphatic rings. The van der Waals surface area contributed by atoms with Crippen LogP contribution in [0.5, 0.6) is 0 Å². The molecule has 0 aliphatic heterocycles. The fourth-order valence-electron chi connectivity index (χ4n) is 3.05. The second kappa shape index (κ2) is 18.7. The van der Waals surface area contributed by atoms with Gasteiger partial charge in [-0.3, -0.25) is 0 Å². The van der Waals surface area contributed by atoms with E-state index in [-0.39, 0.29) is 5.97 Å². The maximum Gasteiger partial charge on any atom is 0.341 e. The first-order chi connectivity index (χ1) is 14.6. The van der Waals surface area contributed by atoms with E-state index in [4.69, 9.17) is 9.47 Å². The maximum absolute atomic E-state index is 12.2. The fourth-order valence-corrected chi connectivity index (χ4v) is 3.05. The number of carbonyl (C=O) groups is 1. The van der Waals surface area contributed by atoms with Crippen LogP contribution in [0.1, 0.15) is 80.2 Å². The Kier molecular flexibility index (Phi) is 18.7. The van der Waals surface area contributed by atoms with Gasteiger partial charge in [0.05, 0.1) is 26.1 Å². The van der Waals surface area contributed by atoms with Crippen LogP contribution in [0.2, 0.25) is 0 Å². The molecule has 3 heteroatoms. The molecule has 0 spiro atoms. The number of methoxy groups -OCH3 is 2. The van der Waals surface area contributed by atoms with E-state index in [2.05, 4.69) is 38.1 Å². The normalized spacial score (nSPS) is 13.1. The minimum atomic E-state index is -0.337. The highest BCUT2D eigenvalue weighted by Gasteiger charge is 2.24. The van der Waals surface area contributed by atoms with Gasteiger partial charge in [0.2, 0.25) is 0 Å². The molecule has 0 saturated carbocycles. The average molecular weight is 417 g/mol. The predicted molar refractivity (Wildman–Crippen MR) is 131 cm³/mol. The molecule has 0 saturated heterocycles. The van der Waals surface area contributed by atoms with Gasteiger partial charge in [0.1, 0.15) is 0 Å². The first-order valence-electron chi connectivity index (χ1n) is 11.3. The van der Waals surface area contributed by atoms with Gasteiger partial charge >= 0.3 is 5.97 Å². The molecule has 1 aromatic rings. The standard InChI is InChI=1S/C21H26O3.3C2H6/c1-15-12-18(11-10-17-8-6-5-7-9-17)19(13-16(15)2)20(14-23-3)21(22)24-4;3*1-2/h5-9,14H,10-13H2,1-4H3;3*1-2H3/b20-14-;;;. The van der Waals surface area contributed by atoms with E-state index >= 15 is 0 Å². The summed E-state index contributed by atoms with van der Waals surface area (Å²) in [5, 5.41) is 0. The molecule has 30 heavy (non-hydrogen) atoms. The van der Waals surface area contributed by atoms with Crippen LogP contribution in [-0.4, -0.2) is 20.2 Å². The molecule has 3 nitrogen and oxygen atoms in total. The van der Waals surface area contributed by atoms with Crippen molar-refractivity contribution < 1.29 is 14.3 Å². The van der Waals surface area contributed by atoms with E-state index in [0.717, 1.165) is 31.3 Å². The quantitative estimate of drug-likeness (QED) is 0.205. The molecule has 1 aliphatic carbocycles. The lowest BCUT2D eigenvalue weighted by Crippen LogP contribution is -2.13. The van der Waals surface area contributed by atoms with Gasteiger partial charge in [-0.05, 0) is 50.7 Å². The Morgan fingerprint density at radius 1 is 0.867 bits per heavy atom. The van der Waals surface area contributed by atoms with Gasteiger partial charge in [-0.15, -0.1) is 0 Å². The van der Waals surface area contributed by atoms with E-state index in [9.17, 15) is 4.79 Å². The Bertz CT molecular complexity index is 679. The SMILES string of the molecule is CC.CC.CC.CO/C=C(\C(=O)OC)C1=C(CCc2ccccc2)CC(C)=C(C)C1. The van der Waals surface area contributed by atoms with Crippen LogP contribution < -0.4 is 0 Å². The summed E-state index contributed by atoms with van der Waals surface area (Å²) < 4.78 is 10.1. The Morgan fingerprint density at radius 3 is 1.90 bits per heavy atom. The summed E-state index contributed by atoms with van der Waals surface area (Å²) >= 11 is 0. The number of ether oxygens (including phenoxy) is 2. The third kappa shape index (κ3) is 9.96. The minimum Gasteiger partial charge on any atom is -0.503 e. The van der Waals surface area contributed by atoms with Crippen LogP contribution in [0.15, 0.2) is 64.5 Å². The molecule has 0 bridgehead atoms. The van der Waals surface area contributed by atoms with Crippen LogP contribution >= 0.6 is 0 Å². The van der Waals surface area contributed by atoms with Gasteiger partial charge in [-0.25, -0.2) is 4.79 Å². The van der Waals surface area contributed by atoms with Crippen LogP contribution in [0, 0.1) is 0 Å². The first-order valence-corrected chi connectivity index (χ1v) is 11.3. The maximum atomic E-state index is 12.2. The summed E-state index contributed by atoms with van der Waals surface area (Å²) in [5.74, 6) is -0.337. The molecule has 170 valence electrons. The molecule has 0 unspecified atom stereocenters. The number of aryl methyl sites for hydroxylation is 1. The van der Waals surface area contributed by atoms with Crippen LogP contribution in [-0.2, 0) is 20.7 Å². The van der Waals surface area contributed by atoms with Gasteiger partial charge in [0.25, 0.3) is 0 Å².